The number of aromatic hydroxyl groups is 1. The van der Waals surface area contributed by atoms with E-state index in [0.717, 1.165) is 0 Å². The van der Waals surface area contributed by atoms with Crippen molar-refractivity contribution in [2.75, 3.05) is 13.7 Å². The predicted octanol–water partition coefficient (Wildman–Crippen LogP) is 2.64. The highest BCUT2D eigenvalue weighted by molar-refractivity contribution is 5.88. The van der Waals surface area contributed by atoms with Gasteiger partial charge in [-0.25, -0.2) is 4.79 Å². The molecule has 3 rings (SSSR count). The number of hydrogen-bond acceptors (Lipinski definition) is 6. The van der Waals surface area contributed by atoms with Gasteiger partial charge in [0.15, 0.2) is 6.61 Å². The van der Waals surface area contributed by atoms with Crippen molar-refractivity contribution in [3.63, 3.8) is 0 Å². The highest BCUT2D eigenvalue weighted by Gasteiger charge is 2.15. The molecule has 0 bridgehead atoms. The Kier molecular flexibility index (Phi) is 4.30. The minimum Gasteiger partial charge on any atom is -0.507 e. The summed E-state index contributed by atoms with van der Waals surface area (Å²) in [5.74, 6) is -0.761. The number of aliphatic carboxylic acids is 1. The predicted molar refractivity (Wildman–Crippen MR) is 89.3 cm³/mol. The summed E-state index contributed by atoms with van der Waals surface area (Å²) < 4.78 is 15.5. The van der Waals surface area contributed by atoms with Gasteiger partial charge in [-0.2, -0.15) is 0 Å². The molecule has 0 saturated heterocycles. The van der Waals surface area contributed by atoms with Crippen LogP contribution in [-0.4, -0.2) is 29.9 Å². The Bertz CT molecular complexity index is 987. The normalized spacial score (nSPS) is 10.6. The van der Waals surface area contributed by atoms with E-state index >= 15 is 0 Å². The summed E-state index contributed by atoms with van der Waals surface area (Å²) in [6.45, 7) is -0.570. The first kappa shape index (κ1) is 16.4. The van der Waals surface area contributed by atoms with Crippen LogP contribution in [0.25, 0.3) is 22.1 Å². The van der Waals surface area contributed by atoms with E-state index in [1.807, 2.05) is 0 Å². The second-order valence-corrected chi connectivity index (χ2v) is 5.20. The zero-order valence-corrected chi connectivity index (χ0v) is 13.2. The number of carboxylic acid groups (broad SMARTS) is 1. The van der Waals surface area contributed by atoms with Gasteiger partial charge in [0.25, 0.3) is 0 Å². The van der Waals surface area contributed by atoms with Crippen LogP contribution in [0, 0.1) is 0 Å². The lowest BCUT2D eigenvalue weighted by atomic mass is 10.0. The maximum absolute atomic E-state index is 12.7. The van der Waals surface area contributed by atoms with E-state index in [1.165, 1.54) is 18.4 Å². The summed E-state index contributed by atoms with van der Waals surface area (Å²) in [6.07, 6.45) is 1.28. The second kappa shape index (κ2) is 6.56. The molecule has 0 atom stereocenters. The molecule has 0 spiro atoms. The van der Waals surface area contributed by atoms with Crippen LogP contribution in [0.5, 0.6) is 17.2 Å². The standard InChI is InChI=1S/C18H14O7/c1-23-11-4-2-10(3-5-11)13-8-25-15-7-12(24-9-16(20)21)6-14(19)17(15)18(13)22/h2-8,19H,9H2,1H3,(H,20,21). The van der Waals surface area contributed by atoms with Gasteiger partial charge in [-0.05, 0) is 17.7 Å². The Hall–Kier alpha value is -3.48. The number of hydrogen-bond donors (Lipinski definition) is 2. The fourth-order valence-corrected chi connectivity index (χ4v) is 2.41. The Morgan fingerprint density at radius 3 is 2.52 bits per heavy atom. The molecule has 1 heterocycles. The first-order chi connectivity index (χ1) is 12.0. The fraction of sp³-hybridized carbons (Fsp3) is 0.111. The second-order valence-electron chi connectivity index (χ2n) is 5.20. The number of fused-ring (bicyclic) bond motifs is 1. The highest BCUT2D eigenvalue weighted by Crippen LogP contribution is 2.30. The Balaban J connectivity index is 2.07. The van der Waals surface area contributed by atoms with Crippen LogP contribution in [0.15, 0.2) is 51.9 Å². The highest BCUT2D eigenvalue weighted by atomic mass is 16.5. The zero-order chi connectivity index (χ0) is 18.0. The summed E-state index contributed by atoms with van der Waals surface area (Å²) in [4.78, 5) is 23.2. The number of carbonyl (C=O) groups is 1. The van der Waals surface area contributed by atoms with Crippen LogP contribution in [0.4, 0.5) is 0 Å². The topological polar surface area (TPSA) is 106 Å². The molecular formula is C18H14O7. The molecular weight excluding hydrogens is 328 g/mol. The monoisotopic (exact) mass is 342 g/mol. The van der Waals surface area contributed by atoms with E-state index in [2.05, 4.69) is 0 Å². The molecule has 3 aromatic rings. The third-order valence-corrected chi connectivity index (χ3v) is 3.59. The molecule has 0 fully saturated rings. The molecule has 0 aliphatic rings. The third kappa shape index (κ3) is 3.25. The first-order valence-electron chi connectivity index (χ1n) is 7.27. The quantitative estimate of drug-likeness (QED) is 0.734. The summed E-state index contributed by atoms with van der Waals surface area (Å²) >= 11 is 0. The Labute approximate surface area is 141 Å². The molecule has 25 heavy (non-hydrogen) atoms. The molecule has 2 N–H and O–H groups in total. The van der Waals surface area contributed by atoms with E-state index in [0.29, 0.717) is 11.3 Å². The van der Waals surface area contributed by atoms with Gasteiger partial charge in [0.1, 0.15) is 34.5 Å². The van der Waals surface area contributed by atoms with Gasteiger partial charge in [-0.1, -0.05) is 12.1 Å². The molecule has 0 amide bonds. The maximum Gasteiger partial charge on any atom is 0.341 e. The number of phenolic OH excluding ortho intramolecular Hbond substituents is 1. The number of ether oxygens (including phenoxy) is 2. The number of rotatable bonds is 5. The Morgan fingerprint density at radius 2 is 1.88 bits per heavy atom. The van der Waals surface area contributed by atoms with Gasteiger partial charge >= 0.3 is 5.97 Å². The van der Waals surface area contributed by atoms with Gasteiger partial charge in [0.2, 0.25) is 5.43 Å². The third-order valence-electron chi connectivity index (χ3n) is 3.59. The lowest BCUT2D eigenvalue weighted by Crippen LogP contribution is -2.10. The van der Waals surface area contributed by atoms with Crippen molar-refractivity contribution in [1.29, 1.82) is 0 Å². The minimum atomic E-state index is -1.16. The first-order valence-corrected chi connectivity index (χ1v) is 7.27. The Morgan fingerprint density at radius 1 is 1.16 bits per heavy atom. The molecule has 0 unspecified atom stereocenters. The summed E-state index contributed by atoms with van der Waals surface area (Å²) in [5.41, 5.74) is 0.586. The van der Waals surface area contributed by atoms with Gasteiger partial charge in [0, 0.05) is 12.1 Å². The number of methoxy groups -OCH3 is 1. The van der Waals surface area contributed by atoms with Crippen LogP contribution in [-0.2, 0) is 4.79 Å². The average molecular weight is 342 g/mol. The van der Waals surface area contributed by atoms with Crippen molar-refractivity contribution in [1.82, 2.24) is 0 Å². The van der Waals surface area contributed by atoms with E-state index in [1.54, 1.807) is 31.4 Å². The fourth-order valence-electron chi connectivity index (χ4n) is 2.41. The van der Waals surface area contributed by atoms with Crippen LogP contribution in [0.2, 0.25) is 0 Å². The van der Waals surface area contributed by atoms with E-state index in [9.17, 15) is 14.7 Å². The van der Waals surface area contributed by atoms with Crippen LogP contribution in [0.1, 0.15) is 0 Å². The van der Waals surface area contributed by atoms with Crippen LogP contribution >= 0.6 is 0 Å². The summed E-state index contributed by atoms with van der Waals surface area (Å²) in [6, 6.07) is 9.37. The molecule has 0 aliphatic heterocycles. The lowest BCUT2D eigenvalue weighted by molar-refractivity contribution is -0.139. The lowest BCUT2D eigenvalue weighted by Gasteiger charge is -2.08. The number of benzene rings is 2. The van der Waals surface area contributed by atoms with Crippen molar-refractivity contribution in [3.05, 3.63) is 52.9 Å². The maximum atomic E-state index is 12.7. The van der Waals surface area contributed by atoms with Crippen molar-refractivity contribution >= 4 is 16.9 Å². The molecule has 1 aromatic heterocycles. The smallest absolute Gasteiger partial charge is 0.341 e. The van der Waals surface area contributed by atoms with Gasteiger partial charge in [-0.15, -0.1) is 0 Å². The summed E-state index contributed by atoms with van der Waals surface area (Å²) in [5, 5.41) is 18.8. The van der Waals surface area contributed by atoms with Crippen molar-refractivity contribution in [2.24, 2.45) is 0 Å². The van der Waals surface area contributed by atoms with Gasteiger partial charge in [0.05, 0.1) is 12.7 Å². The van der Waals surface area contributed by atoms with E-state index in [4.69, 9.17) is 19.0 Å². The molecule has 2 aromatic carbocycles. The van der Waals surface area contributed by atoms with Gasteiger partial charge < -0.3 is 24.1 Å². The van der Waals surface area contributed by atoms with Crippen LogP contribution < -0.4 is 14.9 Å². The van der Waals surface area contributed by atoms with E-state index in [-0.39, 0.29) is 28.0 Å². The van der Waals surface area contributed by atoms with E-state index < -0.39 is 18.0 Å². The molecule has 128 valence electrons. The summed E-state index contributed by atoms with van der Waals surface area (Å²) in [7, 11) is 1.54. The molecule has 0 saturated carbocycles. The van der Waals surface area contributed by atoms with Gasteiger partial charge in [-0.3, -0.25) is 4.79 Å². The molecule has 0 radical (unpaired) electrons. The molecule has 7 nitrogen and oxygen atoms in total. The van der Waals surface area contributed by atoms with Crippen molar-refractivity contribution in [2.45, 2.75) is 0 Å². The minimum absolute atomic E-state index is 0.00371. The SMILES string of the molecule is COc1ccc(-c2coc3cc(OCC(=O)O)cc(O)c3c2=O)cc1. The number of phenols is 1. The largest absolute Gasteiger partial charge is 0.507 e. The van der Waals surface area contributed by atoms with Crippen molar-refractivity contribution < 1.29 is 28.9 Å². The van der Waals surface area contributed by atoms with Crippen molar-refractivity contribution in [3.8, 4) is 28.4 Å². The molecule has 7 heteroatoms. The zero-order valence-electron chi connectivity index (χ0n) is 13.2. The van der Waals surface area contributed by atoms with Crippen LogP contribution in [0.3, 0.4) is 0 Å². The average Bonchev–Trinajstić information content (AvgIpc) is 2.60. The molecule has 0 aliphatic carbocycles. The number of carboxylic acids is 1.